The number of para-hydroxylation sites is 1. The fourth-order valence-electron chi connectivity index (χ4n) is 7.47. The van der Waals surface area contributed by atoms with Crippen LogP contribution in [0.2, 0.25) is 0 Å². The molecule has 6 rings (SSSR count). The van der Waals surface area contributed by atoms with Crippen molar-refractivity contribution in [3.05, 3.63) is 59.7 Å². The Labute approximate surface area is 284 Å². The number of anilines is 2. The smallest absolute Gasteiger partial charge is 0.342 e. The van der Waals surface area contributed by atoms with Gasteiger partial charge in [-0.1, -0.05) is 24.6 Å². The minimum Gasteiger partial charge on any atom is -0.342 e. The summed E-state index contributed by atoms with van der Waals surface area (Å²) < 4.78 is 39.0. The highest BCUT2D eigenvalue weighted by molar-refractivity contribution is 5.96. The van der Waals surface area contributed by atoms with Crippen molar-refractivity contribution in [3.63, 3.8) is 0 Å². The fourth-order valence-corrected chi connectivity index (χ4v) is 7.47. The van der Waals surface area contributed by atoms with E-state index in [0.29, 0.717) is 51.6 Å². The third-order valence-corrected chi connectivity index (χ3v) is 10.3. The molecule has 2 aromatic carbocycles. The van der Waals surface area contributed by atoms with Gasteiger partial charge < -0.3 is 35.6 Å². The van der Waals surface area contributed by atoms with Gasteiger partial charge in [0.2, 0.25) is 11.8 Å². The molecule has 11 nitrogen and oxygen atoms in total. The lowest BCUT2D eigenvalue weighted by molar-refractivity contribution is -0.140. The molecule has 0 saturated carbocycles. The number of benzene rings is 2. The molecule has 0 unspecified atom stereocenters. The molecule has 3 fully saturated rings. The first kappa shape index (κ1) is 34.5. The number of rotatable bonds is 7. The van der Waals surface area contributed by atoms with Crippen LogP contribution in [0.3, 0.4) is 0 Å². The van der Waals surface area contributed by atoms with Crippen LogP contribution in [0.25, 0.3) is 0 Å². The summed E-state index contributed by atoms with van der Waals surface area (Å²) in [6, 6.07) is 9.91. The van der Waals surface area contributed by atoms with Gasteiger partial charge in [0, 0.05) is 56.2 Å². The number of hydrogen-bond donors (Lipinski definition) is 3. The molecule has 2 aromatic rings. The zero-order valence-electron chi connectivity index (χ0n) is 27.5. The van der Waals surface area contributed by atoms with Crippen molar-refractivity contribution in [1.29, 1.82) is 0 Å². The molecule has 0 radical (unpaired) electrons. The Bertz CT molecular complexity index is 1500. The van der Waals surface area contributed by atoms with E-state index in [9.17, 15) is 32.3 Å². The first-order valence-corrected chi connectivity index (χ1v) is 17.3. The standard InChI is InChI=1S/C35H44F3N7O4/c36-35(37,38)25-8-10-26(11-9-25)39-33(48)40-30(32(47)44-20-12-27(13-21-44)42-16-4-1-5-17-42)22-31(46)43-18-14-28(15-19-43)45-23-24-6-2-3-7-29(24)41-34(45)49/h2-3,6-11,27-28,30H,1,4-5,12-23H2,(H,41,49)(H2,39,40,48)/t30-/m0/s1. The number of carbonyl (C=O) groups excluding carboxylic acids is 4. The molecule has 0 aromatic heterocycles. The maximum Gasteiger partial charge on any atom is 0.416 e. The van der Waals surface area contributed by atoms with Gasteiger partial charge in [0.25, 0.3) is 0 Å². The Balaban J connectivity index is 1.07. The Hall–Kier alpha value is -4.33. The van der Waals surface area contributed by atoms with Gasteiger partial charge in [0.1, 0.15) is 6.04 Å². The quantitative estimate of drug-likeness (QED) is 0.376. The van der Waals surface area contributed by atoms with E-state index in [1.807, 2.05) is 24.3 Å². The van der Waals surface area contributed by atoms with Gasteiger partial charge in [-0.2, -0.15) is 13.2 Å². The van der Waals surface area contributed by atoms with Crippen LogP contribution in [0, 0.1) is 0 Å². The monoisotopic (exact) mass is 683 g/mol. The lowest BCUT2D eigenvalue weighted by Gasteiger charge is -2.41. The van der Waals surface area contributed by atoms with Crippen molar-refractivity contribution >= 4 is 35.3 Å². The maximum absolute atomic E-state index is 13.9. The lowest BCUT2D eigenvalue weighted by Crippen LogP contribution is -2.56. The van der Waals surface area contributed by atoms with E-state index in [0.717, 1.165) is 61.4 Å². The highest BCUT2D eigenvalue weighted by Gasteiger charge is 2.36. The molecule has 3 N–H and O–H groups in total. The number of likely N-dealkylation sites (tertiary alicyclic amines) is 3. The SMILES string of the molecule is O=C(Nc1ccc(C(F)(F)F)cc1)N[C@@H](CC(=O)N1CCC(N2Cc3ccccc3NC2=O)CC1)C(=O)N1CCC(N2CCCCC2)CC1. The highest BCUT2D eigenvalue weighted by atomic mass is 19.4. The van der Waals surface area contributed by atoms with E-state index >= 15 is 0 Å². The zero-order chi connectivity index (χ0) is 34.5. The third kappa shape index (κ3) is 8.46. The van der Waals surface area contributed by atoms with Gasteiger partial charge in [-0.15, -0.1) is 0 Å². The number of urea groups is 2. The molecular weight excluding hydrogens is 639 g/mol. The third-order valence-electron chi connectivity index (χ3n) is 10.3. The zero-order valence-corrected chi connectivity index (χ0v) is 27.5. The van der Waals surface area contributed by atoms with Gasteiger partial charge in [-0.25, -0.2) is 9.59 Å². The summed E-state index contributed by atoms with van der Waals surface area (Å²) in [7, 11) is 0. The van der Waals surface area contributed by atoms with E-state index in [1.165, 1.54) is 19.3 Å². The number of alkyl halides is 3. The first-order chi connectivity index (χ1) is 23.5. The molecule has 0 spiro atoms. The molecule has 264 valence electrons. The van der Waals surface area contributed by atoms with Crippen LogP contribution in [-0.4, -0.2) is 101 Å². The maximum atomic E-state index is 13.9. The Morgan fingerprint density at radius 2 is 1.45 bits per heavy atom. The molecule has 14 heteroatoms. The Kier molecular flexibility index (Phi) is 10.6. The van der Waals surface area contributed by atoms with Crippen LogP contribution in [0.15, 0.2) is 48.5 Å². The number of nitrogens with zero attached hydrogens (tertiary/aromatic N) is 4. The lowest BCUT2D eigenvalue weighted by atomic mass is 9.98. The molecule has 6 amide bonds. The van der Waals surface area contributed by atoms with Crippen LogP contribution < -0.4 is 16.0 Å². The van der Waals surface area contributed by atoms with Crippen molar-refractivity contribution in [2.75, 3.05) is 49.9 Å². The predicted octanol–water partition coefficient (Wildman–Crippen LogP) is 5.10. The average Bonchev–Trinajstić information content (AvgIpc) is 3.11. The highest BCUT2D eigenvalue weighted by Crippen LogP contribution is 2.30. The summed E-state index contributed by atoms with van der Waals surface area (Å²) in [5.41, 5.74) is 1.11. The number of amides is 6. The van der Waals surface area contributed by atoms with Crippen LogP contribution in [0.5, 0.6) is 0 Å². The summed E-state index contributed by atoms with van der Waals surface area (Å²) >= 11 is 0. The van der Waals surface area contributed by atoms with Crippen molar-refractivity contribution in [2.45, 2.75) is 82.2 Å². The van der Waals surface area contributed by atoms with E-state index in [1.54, 1.807) is 14.7 Å². The summed E-state index contributed by atoms with van der Waals surface area (Å²) in [6.07, 6.45) is 1.60. The number of piperidine rings is 3. The van der Waals surface area contributed by atoms with E-state index < -0.39 is 23.8 Å². The van der Waals surface area contributed by atoms with E-state index in [2.05, 4.69) is 20.9 Å². The van der Waals surface area contributed by atoms with E-state index in [4.69, 9.17) is 0 Å². The van der Waals surface area contributed by atoms with Crippen molar-refractivity contribution < 1.29 is 32.3 Å². The van der Waals surface area contributed by atoms with Gasteiger partial charge in [0.05, 0.1) is 12.0 Å². The molecule has 1 atom stereocenters. The first-order valence-electron chi connectivity index (χ1n) is 17.3. The summed E-state index contributed by atoms with van der Waals surface area (Å²) in [5.74, 6) is -0.644. The van der Waals surface area contributed by atoms with Gasteiger partial charge in [0.15, 0.2) is 0 Å². The predicted molar refractivity (Wildman–Crippen MR) is 178 cm³/mol. The molecule has 0 bridgehead atoms. The number of halogens is 3. The van der Waals surface area contributed by atoms with Gasteiger partial charge >= 0.3 is 18.2 Å². The molecule has 4 heterocycles. The Morgan fingerprint density at radius 1 is 0.816 bits per heavy atom. The number of carbonyl (C=O) groups is 4. The minimum absolute atomic E-state index is 0.0522. The second kappa shape index (κ2) is 15.1. The number of hydrogen-bond acceptors (Lipinski definition) is 5. The van der Waals surface area contributed by atoms with E-state index in [-0.39, 0.29) is 36.0 Å². The largest absolute Gasteiger partial charge is 0.416 e. The molecular formula is C35H44F3N7O4. The molecule has 49 heavy (non-hydrogen) atoms. The average molecular weight is 684 g/mol. The normalized spacial score (nSPS) is 20.3. The molecule has 3 saturated heterocycles. The second-order valence-corrected chi connectivity index (χ2v) is 13.4. The van der Waals surface area contributed by atoms with Crippen LogP contribution in [-0.2, 0) is 22.3 Å². The molecule has 4 aliphatic heterocycles. The molecule has 4 aliphatic rings. The Morgan fingerprint density at radius 3 is 2.12 bits per heavy atom. The minimum atomic E-state index is -4.51. The van der Waals surface area contributed by atoms with Crippen LogP contribution in [0.1, 0.15) is 62.5 Å². The van der Waals surface area contributed by atoms with Crippen molar-refractivity contribution in [1.82, 2.24) is 24.9 Å². The van der Waals surface area contributed by atoms with Crippen LogP contribution >= 0.6 is 0 Å². The summed E-state index contributed by atoms with van der Waals surface area (Å²) in [4.78, 5) is 61.0. The van der Waals surface area contributed by atoms with Crippen molar-refractivity contribution in [2.24, 2.45) is 0 Å². The second-order valence-electron chi connectivity index (χ2n) is 13.4. The van der Waals surface area contributed by atoms with Gasteiger partial charge in [-0.3, -0.25) is 9.59 Å². The summed E-state index contributed by atoms with van der Waals surface area (Å²) in [5, 5.41) is 8.09. The van der Waals surface area contributed by atoms with Crippen LogP contribution in [0.4, 0.5) is 34.1 Å². The number of nitrogens with one attached hydrogen (secondary N) is 3. The van der Waals surface area contributed by atoms with Crippen molar-refractivity contribution in [3.8, 4) is 0 Å². The summed E-state index contributed by atoms with van der Waals surface area (Å²) in [6.45, 7) is 4.44. The number of fused-ring (bicyclic) bond motifs is 1. The molecule has 0 aliphatic carbocycles. The fraction of sp³-hybridized carbons (Fsp3) is 0.543. The van der Waals surface area contributed by atoms with Gasteiger partial charge in [-0.05, 0) is 87.5 Å². The topological polar surface area (TPSA) is 117 Å².